The summed E-state index contributed by atoms with van der Waals surface area (Å²) >= 11 is 9.31. The number of hydrogen-bond acceptors (Lipinski definition) is 2. The lowest BCUT2D eigenvalue weighted by Crippen LogP contribution is -2.41. The first-order chi connectivity index (χ1) is 7.78. The summed E-state index contributed by atoms with van der Waals surface area (Å²) in [4.78, 5) is 11.7. The van der Waals surface area contributed by atoms with Gasteiger partial charge in [0.25, 0.3) is 0 Å². The van der Waals surface area contributed by atoms with Crippen molar-refractivity contribution in [2.24, 2.45) is 0 Å². The SMILES string of the molecule is CC(C)(C)NCC(=O)Nc1ccc(Br)cc1Cl. The van der Waals surface area contributed by atoms with Gasteiger partial charge in [0.05, 0.1) is 17.3 Å². The molecule has 1 amide bonds. The first-order valence-electron chi connectivity index (χ1n) is 5.28. The zero-order valence-corrected chi connectivity index (χ0v) is 12.4. The van der Waals surface area contributed by atoms with E-state index in [-0.39, 0.29) is 18.0 Å². The van der Waals surface area contributed by atoms with Crippen molar-refractivity contribution in [3.8, 4) is 0 Å². The van der Waals surface area contributed by atoms with E-state index in [9.17, 15) is 4.79 Å². The van der Waals surface area contributed by atoms with Gasteiger partial charge in [-0.25, -0.2) is 0 Å². The van der Waals surface area contributed by atoms with Gasteiger partial charge >= 0.3 is 0 Å². The van der Waals surface area contributed by atoms with Gasteiger partial charge in [0.2, 0.25) is 5.91 Å². The monoisotopic (exact) mass is 318 g/mol. The Morgan fingerprint density at radius 1 is 1.41 bits per heavy atom. The molecule has 0 fully saturated rings. The topological polar surface area (TPSA) is 41.1 Å². The first kappa shape index (κ1) is 14.5. The maximum atomic E-state index is 11.7. The van der Waals surface area contributed by atoms with Crippen molar-refractivity contribution in [3.05, 3.63) is 27.7 Å². The molecule has 94 valence electrons. The second kappa shape index (κ2) is 5.85. The van der Waals surface area contributed by atoms with Crippen LogP contribution in [0, 0.1) is 0 Å². The molecule has 0 aliphatic carbocycles. The van der Waals surface area contributed by atoms with Crippen LogP contribution in [0.5, 0.6) is 0 Å². The third-order valence-corrected chi connectivity index (χ3v) is 2.79. The van der Waals surface area contributed by atoms with Crippen molar-refractivity contribution in [1.29, 1.82) is 0 Å². The summed E-state index contributed by atoms with van der Waals surface area (Å²) in [5.41, 5.74) is 0.538. The van der Waals surface area contributed by atoms with Gasteiger partial charge in [0, 0.05) is 10.0 Å². The fraction of sp³-hybridized carbons (Fsp3) is 0.417. The minimum Gasteiger partial charge on any atom is -0.324 e. The van der Waals surface area contributed by atoms with Crippen molar-refractivity contribution in [2.75, 3.05) is 11.9 Å². The summed E-state index contributed by atoms with van der Waals surface area (Å²) in [7, 11) is 0. The molecule has 3 nitrogen and oxygen atoms in total. The Labute approximate surface area is 115 Å². The molecule has 0 spiro atoms. The normalized spacial score (nSPS) is 11.4. The maximum Gasteiger partial charge on any atom is 0.238 e. The molecule has 0 radical (unpaired) electrons. The summed E-state index contributed by atoms with van der Waals surface area (Å²) in [6, 6.07) is 5.34. The van der Waals surface area contributed by atoms with Gasteiger partial charge < -0.3 is 10.6 Å². The first-order valence-corrected chi connectivity index (χ1v) is 6.45. The highest BCUT2D eigenvalue weighted by atomic mass is 79.9. The number of anilines is 1. The Kier molecular flexibility index (Phi) is 4.98. The highest BCUT2D eigenvalue weighted by Gasteiger charge is 2.12. The van der Waals surface area contributed by atoms with Crippen LogP contribution >= 0.6 is 27.5 Å². The van der Waals surface area contributed by atoms with Gasteiger partial charge in [-0.15, -0.1) is 0 Å². The fourth-order valence-electron chi connectivity index (χ4n) is 1.13. The molecule has 17 heavy (non-hydrogen) atoms. The Bertz CT molecular complexity index is 415. The van der Waals surface area contributed by atoms with E-state index in [1.807, 2.05) is 26.8 Å². The molecular formula is C12H16BrClN2O. The molecule has 0 heterocycles. The smallest absolute Gasteiger partial charge is 0.238 e. The third-order valence-electron chi connectivity index (χ3n) is 1.98. The average molecular weight is 320 g/mol. The average Bonchev–Trinajstić information content (AvgIpc) is 2.18. The molecule has 2 N–H and O–H groups in total. The number of amides is 1. The molecule has 5 heteroatoms. The van der Waals surface area contributed by atoms with E-state index in [2.05, 4.69) is 26.6 Å². The highest BCUT2D eigenvalue weighted by Crippen LogP contribution is 2.25. The van der Waals surface area contributed by atoms with Crippen LogP contribution < -0.4 is 10.6 Å². The van der Waals surface area contributed by atoms with E-state index in [0.29, 0.717) is 10.7 Å². The molecule has 1 rings (SSSR count). The largest absolute Gasteiger partial charge is 0.324 e. The van der Waals surface area contributed by atoms with Gasteiger partial charge in [-0.05, 0) is 39.0 Å². The quantitative estimate of drug-likeness (QED) is 0.896. The van der Waals surface area contributed by atoms with Gasteiger partial charge in [0.15, 0.2) is 0 Å². The number of hydrogen-bond donors (Lipinski definition) is 2. The molecule has 0 atom stereocenters. The second-order valence-corrected chi connectivity index (χ2v) is 6.10. The lowest BCUT2D eigenvalue weighted by atomic mass is 10.1. The van der Waals surface area contributed by atoms with E-state index in [0.717, 1.165) is 4.47 Å². The van der Waals surface area contributed by atoms with Gasteiger partial charge in [-0.1, -0.05) is 27.5 Å². The zero-order valence-electron chi connectivity index (χ0n) is 10.1. The van der Waals surface area contributed by atoms with E-state index >= 15 is 0 Å². The minimum atomic E-state index is -0.107. The second-order valence-electron chi connectivity index (χ2n) is 4.78. The Hall–Kier alpha value is -0.580. The van der Waals surface area contributed by atoms with Crippen LogP contribution in [0.2, 0.25) is 5.02 Å². The molecule has 0 unspecified atom stereocenters. The maximum absolute atomic E-state index is 11.7. The molecule has 0 saturated heterocycles. The van der Waals surface area contributed by atoms with Crippen LogP contribution in [0.15, 0.2) is 22.7 Å². The minimum absolute atomic E-state index is 0.0825. The van der Waals surface area contributed by atoms with E-state index < -0.39 is 0 Å². The van der Waals surface area contributed by atoms with Gasteiger partial charge in [-0.2, -0.15) is 0 Å². The summed E-state index contributed by atoms with van der Waals surface area (Å²) in [5.74, 6) is -0.107. The van der Waals surface area contributed by atoms with Crippen LogP contribution in [0.25, 0.3) is 0 Å². The van der Waals surface area contributed by atoms with Crippen LogP contribution in [0.1, 0.15) is 20.8 Å². The van der Waals surface area contributed by atoms with Crippen LogP contribution in [-0.2, 0) is 4.79 Å². The molecule has 0 aromatic heterocycles. The molecule has 1 aromatic carbocycles. The standard InChI is InChI=1S/C12H16BrClN2O/c1-12(2,3)15-7-11(17)16-10-5-4-8(13)6-9(10)14/h4-6,15H,7H2,1-3H3,(H,16,17). The third kappa shape index (κ3) is 5.52. The van der Waals surface area contributed by atoms with Crippen LogP contribution in [0.3, 0.4) is 0 Å². The van der Waals surface area contributed by atoms with Gasteiger partial charge in [-0.3, -0.25) is 4.79 Å². The van der Waals surface area contributed by atoms with Crippen molar-refractivity contribution < 1.29 is 4.79 Å². The van der Waals surface area contributed by atoms with Crippen LogP contribution in [0.4, 0.5) is 5.69 Å². The number of carbonyl (C=O) groups is 1. The van der Waals surface area contributed by atoms with Gasteiger partial charge in [0.1, 0.15) is 0 Å². The van der Waals surface area contributed by atoms with Crippen molar-refractivity contribution in [2.45, 2.75) is 26.3 Å². The molecule has 0 saturated carbocycles. The van der Waals surface area contributed by atoms with E-state index in [1.54, 1.807) is 12.1 Å². The number of carbonyl (C=O) groups excluding carboxylic acids is 1. The Morgan fingerprint density at radius 2 is 2.06 bits per heavy atom. The lowest BCUT2D eigenvalue weighted by molar-refractivity contribution is -0.115. The predicted octanol–water partition coefficient (Wildman–Crippen LogP) is 3.43. The number of benzene rings is 1. The van der Waals surface area contributed by atoms with E-state index in [1.165, 1.54) is 0 Å². The molecular weight excluding hydrogens is 304 g/mol. The summed E-state index contributed by atoms with van der Waals surface area (Å²) in [5, 5.41) is 6.38. The highest BCUT2D eigenvalue weighted by molar-refractivity contribution is 9.10. The molecule has 0 aliphatic heterocycles. The summed E-state index contributed by atoms with van der Waals surface area (Å²) in [6.45, 7) is 6.28. The summed E-state index contributed by atoms with van der Waals surface area (Å²) in [6.07, 6.45) is 0. The van der Waals surface area contributed by atoms with Crippen molar-refractivity contribution in [1.82, 2.24) is 5.32 Å². The number of rotatable bonds is 3. The van der Waals surface area contributed by atoms with E-state index in [4.69, 9.17) is 11.6 Å². The number of halogens is 2. The Balaban J connectivity index is 2.57. The van der Waals surface area contributed by atoms with Crippen molar-refractivity contribution in [3.63, 3.8) is 0 Å². The number of nitrogens with one attached hydrogen (secondary N) is 2. The fourth-order valence-corrected chi connectivity index (χ4v) is 1.85. The van der Waals surface area contributed by atoms with Crippen molar-refractivity contribution >= 4 is 39.1 Å². The lowest BCUT2D eigenvalue weighted by Gasteiger charge is -2.20. The van der Waals surface area contributed by atoms with Crippen LogP contribution in [-0.4, -0.2) is 18.0 Å². The predicted molar refractivity (Wildman–Crippen MR) is 75.5 cm³/mol. The molecule has 0 bridgehead atoms. The molecule has 1 aromatic rings. The zero-order chi connectivity index (χ0) is 13.1. The summed E-state index contributed by atoms with van der Waals surface area (Å²) < 4.78 is 0.883. The molecule has 0 aliphatic rings. The Morgan fingerprint density at radius 3 is 2.59 bits per heavy atom.